The third kappa shape index (κ3) is 4.05. The van der Waals surface area contributed by atoms with Gasteiger partial charge in [-0.05, 0) is 74.2 Å². The molecule has 1 fully saturated rings. The van der Waals surface area contributed by atoms with E-state index in [1.807, 2.05) is 19.9 Å². The summed E-state index contributed by atoms with van der Waals surface area (Å²) in [6, 6.07) is 10.2. The lowest BCUT2D eigenvalue weighted by Crippen LogP contribution is -2.35. The van der Waals surface area contributed by atoms with Crippen molar-refractivity contribution in [3.05, 3.63) is 53.1 Å². The predicted octanol–water partition coefficient (Wildman–Crippen LogP) is 4.34. The van der Waals surface area contributed by atoms with Crippen LogP contribution in [0.1, 0.15) is 40.7 Å². The van der Waals surface area contributed by atoms with Gasteiger partial charge in [-0.1, -0.05) is 17.8 Å². The van der Waals surface area contributed by atoms with Gasteiger partial charge in [-0.3, -0.25) is 10.1 Å². The molecule has 152 valence electrons. The number of rotatable bonds is 4. The second kappa shape index (κ2) is 7.85. The number of fused-ring (bicyclic) bond motifs is 1. The van der Waals surface area contributed by atoms with Gasteiger partial charge in [0, 0.05) is 18.7 Å². The highest BCUT2D eigenvalue weighted by molar-refractivity contribution is 7.89. The number of benzene rings is 2. The summed E-state index contributed by atoms with van der Waals surface area (Å²) in [5, 5.41) is 3.34. The molecule has 2 heterocycles. The first kappa shape index (κ1) is 20.0. The second-order valence-corrected chi connectivity index (χ2v) is 10.3. The molecule has 29 heavy (non-hydrogen) atoms. The van der Waals surface area contributed by atoms with E-state index in [9.17, 15) is 13.2 Å². The highest BCUT2D eigenvalue weighted by Crippen LogP contribution is 2.29. The van der Waals surface area contributed by atoms with Gasteiger partial charge in [-0.2, -0.15) is 4.31 Å². The van der Waals surface area contributed by atoms with Crippen LogP contribution in [0.15, 0.2) is 41.3 Å². The Morgan fingerprint density at radius 3 is 2.38 bits per heavy atom. The number of amides is 1. The predicted molar refractivity (Wildman–Crippen MR) is 116 cm³/mol. The first-order valence-electron chi connectivity index (χ1n) is 9.64. The van der Waals surface area contributed by atoms with Crippen LogP contribution in [0.3, 0.4) is 0 Å². The number of carbonyl (C=O) groups is 1. The van der Waals surface area contributed by atoms with Crippen molar-refractivity contribution < 1.29 is 13.2 Å². The number of piperidine rings is 1. The molecule has 8 heteroatoms. The topological polar surface area (TPSA) is 79.4 Å². The van der Waals surface area contributed by atoms with Crippen LogP contribution in [-0.4, -0.2) is 36.7 Å². The standard InChI is InChI=1S/C21H23N3O3S2/c1-14-12-18-19(13-15(14)2)28-21(22-18)23-20(25)16-6-8-17(9-7-16)29(26,27)24-10-4-3-5-11-24/h6-9,12-13H,3-5,10-11H2,1-2H3,(H,22,23,25). The van der Waals surface area contributed by atoms with E-state index in [0.29, 0.717) is 23.8 Å². The Morgan fingerprint density at radius 2 is 1.69 bits per heavy atom. The zero-order valence-corrected chi connectivity index (χ0v) is 18.1. The van der Waals surface area contributed by atoms with E-state index in [2.05, 4.69) is 16.4 Å². The first-order valence-corrected chi connectivity index (χ1v) is 11.9. The number of hydrogen-bond donors (Lipinski definition) is 1. The van der Waals surface area contributed by atoms with Gasteiger partial charge in [0.15, 0.2) is 5.13 Å². The molecule has 4 rings (SSSR count). The highest BCUT2D eigenvalue weighted by atomic mass is 32.2. The van der Waals surface area contributed by atoms with Crippen LogP contribution in [-0.2, 0) is 10.0 Å². The minimum atomic E-state index is -3.50. The van der Waals surface area contributed by atoms with Crippen molar-refractivity contribution in [3.8, 4) is 0 Å². The van der Waals surface area contributed by atoms with E-state index in [1.54, 1.807) is 12.1 Å². The van der Waals surface area contributed by atoms with Crippen LogP contribution >= 0.6 is 11.3 Å². The number of aromatic nitrogens is 1. The Morgan fingerprint density at radius 1 is 1.03 bits per heavy atom. The van der Waals surface area contributed by atoms with E-state index in [4.69, 9.17) is 0 Å². The molecule has 0 saturated carbocycles. The van der Waals surface area contributed by atoms with Crippen LogP contribution in [0.4, 0.5) is 5.13 Å². The maximum absolute atomic E-state index is 12.7. The number of sulfonamides is 1. The monoisotopic (exact) mass is 429 g/mol. The van der Waals surface area contributed by atoms with E-state index in [0.717, 1.165) is 35.0 Å². The third-order valence-electron chi connectivity index (χ3n) is 5.29. The fraction of sp³-hybridized carbons (Fsp3) is 0.333. The fourth-order valence-corrected chi connectivity index (χ4v) is 5.89. The van der Waals surface area contributed by atoms with Gasteiger partial charge in [0.05, 0.1) is 15.1 Å². The number of nitrogens with zero attached hydrogens (tertiary/aromatic N) is 2. The Bertz CT molecular complexity index is 1120. The smallest absolute Gasteiger partial charge is 0.257 e. The summed E-state index contributed by atoms with van der Waals surface area (Å²) < 4.78 is 28.0. The fourth-order valence-electron chi connectivity index (χ4n) is 3.44. The van der Waals surface area contributed by atoms with Crippen LogP contribution < -0.4 is 5.32 Å². The Kier molecular flexibility index (Phi) is 5.42. The van der Waals surface area contributed by atoms with E-state index in [-0.39, 0.29) is 10.8 Å². The summed E-state index contributed by atoms with van der Waals surface area (Å²) in [4.78, 5) is 17.3. The molecular formula is C21H23N3O3S2. The molecule has 0 unspecified atom stereocenters. The molecule has 1 N–H and O–H groups in total. The van der Waals surface area contributed by atoms with E-state index >= 15 is 0 Å². The van der Waals surface area contributed by atoms with Crippen molar-refractivity contribution in [1.82, 2.24) is 9.29 Å². The number of nitrogens with one attached hydrogen (secondary N) is 1. The Balaban J connectivity index is 1.51. The van der Waals surface area contributed by atoms with Gasteiger partial charge in [0.1, 0.15) is 0 Å². The summed E-state index contributed by atoms with van der Waals surface area (Å²) in [6.45, 7) is 5.19. The molecule has 1 saturated heterocycles. The van der Waals surface area contributed by atoms with Gasteiger partial charge in [-0.15, -0.1) is 0 Å². The Hall–Kier alpha value is -2.29. The minimum Gasteiger partial charge on any atom is -0.298 e. The van der Waals surface area contributed by atoms with Gasteiger partial charge in [0.2, 0.25) is 10.0 Å². The summed E-state index contributed by atoms with van der Waals surface area (Å²) in [6.07, 6.45) is 2.85. The van der Waals surface area contributed by atoms with Crippen LogP contribution in [0.5, 0.6) is 0 Å². The molecule has 1 aliphatic heterocycles. The van der Waals surface area contributed by atoms with Crippen molar-refractivity contribution >= 4 is 42.6 Å². The third-order valence-corrected chi connectivity index (χ3v) is 8.14. The van der Waals surface area contributed by atoms with Crippen molar-refractivity contribution in [2.45, 2.75) is 38.0 Å². The van der Waals surface area contributed by atoms with Crippen molar-refractivity contribution in [2.75, 3.05) is 18.4 Å². The van der Waals surface area contributed by atoms with Gasteiger partial charge < -0.3 is 0 Å². The lowest BCUT2D eigenvalue weighted by molar-refractivity contribution is 0.102. The second-order valence-electron chi connectivity index (χ2n) is 7.37. The average molecular weight is 430 g/mol. The number of aryl methyl sites for hydroxylation is 2. The van der Waals surface area contributed by atoms with Gasteiger partial charge >= 0.3 is 0 Å². The lowest BCUT2D eigenvalue weighted by Gasteiger charge is -2.25. The molecule has 3 aromatic rings. The lowest BCUT2D eigenvalue weighted by atomic mass is 10.1. The number of hydrogen-bond acceptors (Lipinski definition) is 5. The molecule has 1 aromatic heterocycles. The molecule has 1 aliphatic rings. The van der Waals surface area contributed by atoms with Crippen molar-refractivity contribution in [2.24, 2.45) is 0 Å². The van der Waals surface area contributed by atoms with Gasteiger partial charge in [0.25, 0.3) is 5.91 Å². The molecule has 0 bridgehead atoms. The normalized spacial score (nSPS) is 15.5. The zero-order chi connectivity index (χ0) is 20.6. The van der Waals surface area contributed by atoms with Crippen LogP contribution in [0, 0.1) is 13.8 Å². The SMILES string of the molecule is Cc1cc2nc(NC(=O)c3ccc(S(=O)(=O)N4CCCCC4)cc3)sc2cc1C. The van der Waals surface area contributed by atoms with Crippen LogP contribution in [0.25, 0.3) is 10.2 Å². The minimum absolute atomic E-state index is 0.224. The van der Waals surface area contributed by atoms with Crippen molar-refractivity contribution in [3.63, 3.8) is 0 Å². The summed E-state index contributed by atoms with van der Waals surface area (Å²) >= 11 is 1.42. The van der Waals surface area contributed by atoms with Crippen LogP contribution in [0.2, 0.25) is 0 Å². The quantitative estimate of drug-likeness (QED) is 0.669. The molecular weight excluding hydrogens is 406 g/mol. The Labute approximate surface area is 174 Å². The molecule has 0 atom stereocenters. The van der Waals surface area contributed by atoms with Gasteiger partial charge in [-0.25, -0.2) is 13.4 Å². The molecule has 0 radical (unpaired) electrons. The summed E-state index contributed by atoms with van der Waals surface area (Å²) in [5.41, 5.74) is 3.60. The highest BCUT2D eigenvalue weighted by Gasteiger charge is 2.26. The first-order chi connectivity index (χ1) is 13.8. The maximum Gasteiger partial charge on any atom is 0.257 e. The maximum atomic E-state index is 12.7. The number of thiazole rings is 1. The van der Waals surface area contributed by atoms with E-state index in [1.165, 1.54) is 33.3 Å². The summed E-state index contributed by atoms with van der Waals surface area (Å²) in [5.74, 6) is -0.306. The molecule has 6 nitrogen and oxygen atoms in total. The van der Waals surface area contributed by atoms with Crippen molar-refractivity contribution in [1.29, 1.82) is 0 Å². The number of anilines is 1. The zero-order valence-electron chi connectivity index (χ0n) is 16.4. The molecule has 0 aliphatic carbocycles. The van der Waals surface area contributed by atoms with E-state index < -0.39 is 10.0 Å². The number of carbonyl (C=O) groups excluding carboxylic acids is 1. The molecule has 0 spiro atoms. The average Bonchev–Trinajstić information content (AvgIpc) is 3.10. The molecule has 2 aromatic carbocycles. The molecule has 1 amide bonds. The summed E-state index contributed by atoms with van der Waals surface area (Å²) in [7, 11) is -3.50. The largest absolute Gasteiger partial charge is 0.298 e.